The number of imidazole rings is 1. The predicted molar refractivity (Wildman–Crippen MR) is 78.1 cm³/mol. The highest BCUT2D eigenvalue weighted by Crippen LogP contribution is 2.12. The van der Waals surface area contributed by atoms with Crippen LogP contribution < -0.4 is 11.1 Å². The Kier molecular flexibility index (Phi) is 2.98. The molecule has 0 aliphatic heterocycles. The minimum atomic E-state index is 0.619. The van der Waals surface area contributed by atoms with E-state index < -0.39 is 0 Å². The van der Waals surface area contributed by atoms with Crippen LogP contribution in [-0.2, 0) is 6.54 Å². The van der Waals surface area contributed by atoms with Crippen LogP contribution in [-0.4, -0.2) is 9.38 Å². The highest BCUT2D eigenvalue weighted by molar-refractivity contribution is 5.50. The Morgan fingerprint density at radius 1 is 1.15 bits per heavy atom. The number of anilines is 2. The fourth-order valence-corrected chi connectivity index (χ4v) is 2.00. The monoisotopic (exact) mass is 263 g/mol. The largest absolute Gasteiger partial charge is 0.398 e. The van der Waals surface area contributed by atoms with E-state index in [-0.39, 0.29) is 0 Å². The molecule has 0 aliphatic rings. The average molecular weight is 263 g/mol. The topological polar surface area (TPSA) is 79.1 Å². The molecule has 0 saturated heterocycles. The van der Waals surface area contributed by atoms with Gasteiger partial charge < -0.3 is 15.5 Å². The van der Waals surface area contributed by atoms with Gasteiger partial charge >= 0.3 is 0 Å². The Morgan fingerprint density at radius 2 is 1.95 bits per heavy atom. The van der Waals surface area contributed by atoms with Crippen LogP contribution >= 0.6 is 0 Å². The van der Waals surface area contributed by atoms with E-state index in [9.17, 15) is 0 Å². The molecule has 0 radical (unpaired) electrons. The van der Waals surface area contributed by atoms with Crippen molar-refractivity contribution >= 4 is 17.0 Å². The molecule has 0 saturated carbocycles. The number of pyridine rings is 1. The van der Waals surface area contributed by atoms with E-state index in [1.54, 1.807) is 12.1 Å². The molecule has 0 bridgehead atoms. The van der Waals surface area contributed by atoms with E-state index in [1.807, 2.05) is 41.1 Å². The van der Waals surface area contributed by atoms with Gasteiger partial charge in [0.25, 0.3) is 0 Å². The Morgan fingerprint density at radius 3 is 2.70 bits per heavy atom. The van der Waals surface area contributed by atoms with Crippen molar-refractivity contribution in [3.05, 3.63) is 60.0 Å². The zero-order valence-corrected chi connectivity index (χ0v) is 10.7. The van der Waals surface area contributed by atoms with Crippen molar-refractivity contribution in [2.75, 3.05) is 11.1 Å². The number of nitrogens with one attached hydrogen (secondary N) is 1. The van der Waals surface area contributed by atoms with Gasteiger partial charge in [0.15, 0.2) is 0 Å². The molecule has 0 amide bonds. The van der Waals surface area contributed by atoms with Gasteiger partial charge in [-0.15, -0.1) is 0 Å². The lowest BCUT2D eigenvalue weighted by atomic mass is 10.2. The summed E-state index contributed by atoms with van der Waals surface area (Å²) in [7, 11) is 0. The van der Waals surface area contributed by atoms with Gasteiger partial charge in [0.05, 0.1) is 23.9 Å². The quantitative estimate of drug-likeness (QED) is 0.760. The molecule has 5 heteroatoms. The van der Waals surface area contributed by atoms with E-state index in [0.717, 1.165) is 17.0 Å². The number of rotatable bonds is 3. The van der Waals surface area contributed by atoms with E-state index in [0.29, 0.717) is 17.8 Å². The van der Waals surface area contributed by atoms with Gasteiger partial charge in [0.1, 0.15) is 5.65 Å². The normalized spacial score (nSPS) is 10.3. The Hall–Kier alpha value is -3.00. The second kappa shape index (κ2) is 4.94. The minimum absolute atomic E-state index is 0.619. The van der Waals surface area contributed by atoms with Crippen LogP contribution in [0.2, 0.25) is 0 Å². The lowest BCUT2D eigenvalue weighted by molar-refractivity contribution is 1.08. The molecule has 0 unspecified atom stereocenters. The molecule has 3 rings (SSSR count). The van der Waals surface area contributed by atoms with Gasteiger partial charge in [-0.25, -0.2) is 4.98 Å². The predicted octanol–water partition coefficient (Wildman–Crippen LogP) is 2.40. The first-order valence-corrected chi connectivity index (χ1v) is 6.22. The summed E-state index contributed by atoms with van der Waals surface area (Å²) in [6.07, 6.45) is 3.79. The van der Waals surface area contributed by atoms with E-state index in [1.165, 1.54) is 0 Å². The second-order valence-electron chi connectivity index (χ2n) is 4.50. The first kappa shape index (κ1) is 12.1. The molecule has 2 aromatic heterocycles. The SMILES string of the molecule is N#Cc1ccc(NCc2cn3cc(N)ccc3n2)cc1. The number of nitrogens with zero attached hydrogens (tertiary/aromatic N) is 3. The fourth-order valence-electron chi connectivity index (χ4n) is 2.00. The van der Waals surface area contributed by atoms with Gasteiger partial charge in [-0.3, -0.25) is 0 Å². The fraction of sp³-hybridized carbons (Fsp3) is 0.0667. The average Bonchev–Trinajstić information content (AvgIpc) is 2.87. The van der Waals surface area contributed by atoms with Crippen molar-refractivity contribution in [2.45, 2.75) is 6.54 Å². The number of fused-ring (bicyclic) bond motifs is 1. The molecular formula is C15H13N5. The molecule has 0 spiro atoms. The van der Waals surface area contributed by atoms with Crippen molar-refractivity contribution < 1.29 is 0 Å². The standard InChI is InChI=1S/C15H13N5/c16-7-11-1-4-13(5-2-11)18-8-14-10-20-9-12(17)3-6-15(20)19-14/h1-6,9-10,18H,8,17H2. The Balaban J connectivity index is 1.74. The minimum Gasteiger partial charge on any atom is -0.398 e. The van der Waals surface area contributed by atoms with Gasteiger partial charge in [0.2, 0.25) is 0 Å². The van der Waals surface area contributed by atoms with Crippen molar-refractivity contribution in [3.8, 4) is 6.07 Å². The Bertz CT molecular complexity index is 780. The molecule has 0 fully saturated rings. The number of nitrogens with two attached hydrogens (primary N) is 1. The molecule has 3 aromatic rings. The summed E-state index contributed by atoms with van der Waals surface area (Å²) in [5, 5.41) is 12.0. The molecule has 3 N–H and O–H groups in total. The number of aromatic nitrogens is 2. The third kappa shape index (κ3) is 2.40. The molecule has 0 atom stereocenters. The maximum atomic E-state index is 8.75. The molecular weight excluding hydrogens is 250 g/mol. The zero-order chi connectivity index (χ0) is 13.9. The summed E-state index contributed by atoms with van der Waals surface area (Å²) < 4.78 is 1.91. The van der Waals surface area contributed by atoms with Crippen LogP contribution in [0, 0.1) is 11.3 Å². The smallest absolute Gasteiger partial charge is 0.137 e. The van der Waals surface area contributed by atoms with Gasteiger partial charge in [-0.05, 0) is 36.4 Å². The van der Waals surface area contributed by atoms with Crippen molar-refractivity contribution in [3.63, 3.8) is 0 Å². The van der Waals surface area contributed by atoms with Crippen LogP contribution in [0.5, 0.6) is 0 Å². The molecule has 1 aromatic carbocycles. The van der Waals surface area contributed by atoms with Crippen LogP contribution in [0.25, 0.3) is 5.65 Å². The van der Waals surface area contributed by atoms with Crippen molar-refractivity contribution in [1.29, 1.82) is 5.26 Å². The second-order valence-corrected chi connectivity index (χ2v) is 4.50. The van der Waals surface area contributed by atoms with E-state index in [4.69, 9.17) is 11.0 Å². The third-order valence-electron chi connectivity index (χ3n) is 3.01. The summed E-state index contributed by atoms with van der Waals surface area (Å²) in [5.74, 6) is 0. The summed E-state index contributed by atoms with van der Waals surface area (Å²) in [5.41, 5.74) is 9.86. The van der Waals surface area contributed by atoms with E-state index in [2.05, 4.69) is 16.4 Å². The van der Waals surface area contributed by atoms with Crippen LogP contribution in [0.4, 0.5) is 11.4 Å². The number of hydrogen-bond donors (Lipinski definition) is 2. The molecule has 2 heterocycles. The summed E-state index contributed by atoms with van der Waals surface area (Å²) in [6, 6.07) is 13.2. The third-order valence-corrected chi connectivity index (χ3v) is 3.01. The first-order chi connectivity index (χ1) is 9.74. The van der Waals surface area contributed by atoms with Crippen molar-refractivity contribution in [2.24, 2.45) is 0 Å². The van der Waals surface area contributed by atoms with Gasteiger partial charge in [-0.1, -0.05) is 0 Å². The summed E-state index contributed by atoms with van der Waals surface area (Å²) >= 11 is 0. The van der Waals surface area contributed by atoms with E-state index >= 15 is 0 Å². The number of nitriles is 1. The maximum Gasteiger partial charge on any atom is 0.137 e. The first-order valence-electron chi connectivity index (χ1n) is 6.22. The van der Waals surface area contributed by atoms with Crippen molar-refractivity contribution in [1.82, 2.24) is 9.38 Å². The summed E-state index contributed by atoms with van der Waals surface area (Å²) in [4.78, 5) is 4.50. The molecule has 20 heavy (non-hydrogen) atoms. The highest BCUT2D eigenvalue weighted by atomic mass is 15.0. The summed E-state index contributed by atoms with van der Waals surface area (Å²) in [6.45, 7) is 0.619. The van der Waals surface area contributed by atoms with Gasteiger partial charge in [-0.2, -0.15) is 5.26 Å². The van der Waals surface area contributed by atoms with Crippen LogP contribution in [0.1, 0.15) is 11.3 Å². The highest BCUT2D eigenvalue weighted by Gasteiger charge is 2.02. The van der Waals surface area contributed by atoms with Crippen LogP contribution in [0.15, 0.2) is 48.8 Å². The number of nitrogen functional groups attached to an aromatic ring is 1. The lowest BCUT2D eigenvalue weighted by Crippen LogP contribution is -1.99. The zero-order valence-electron chi connectivity index (χ0n) is 10.7. The van der Waals surface area contributed by atoms with Crippen LogP contribution in [0.3, 0.4) is 0 Å². The lowest BCUT2D eigenvalue weighted by Gasteiger charge is -2.03. The van der Waals surface area contributed by atoms with Gasteiger partial charge in [0, 0.05) is 23.8 Å². The molecule has 5 nitrogen and oxygen atoms in total. The maximum absolute atomic E-state index is 8.75. The number of hydrogen-bond acceptors (Lipinski definition) is 4. The molecule has 0 aliphatic carbocycles. The molecule has 98 valence electrons. The Labute approximate surface area is 116 Å². The number of benzene rings is 1.